The van der Waals surface area contributed by atoms with Gasteiger partial charge in [-0.2, -0.15) is 0 Å². The van der Waals surface area contributed by atoms with Crippen LogP contribution in [0.15, 0.2) is 0 Å². The molecule has 18 heavy (non-hydrogen) atoms. The van der Waals surface area contributed by atoms with Gasteiger partial charge in [0, 0.05) is 32.2 Å². The average Bonchev–Trinajstić information content (AvgIpc) is 3.09. The van der Waals surface area contributed by atoms with Gasteiger partial charge >= 0.3 is 0 Å². The van der Waals surface area contributed by atoms with Gasteiger partial charge in [0.2, 0.25) is 0 Å². The molecule has 1 saturated carbocycles. The second kappa shape index (κ2) is 6.88. The highest BCUT2D eigenvalue weighted by Gasteiger charge is 2.31. The Labute approximate surface area is 112 Å². The maximum absolute atomic E-state index is 8.95. The van der Waals surface area contributed by atoms with E-state index in [1.165, 1.54) is 45.3 Å². The van der Waals surface area contributed by atoms with Crippen molar-refractivity contribution in [2.24, 2.45) is 17.8 Å². The van der Waals surface area contributed by atoms with Gasteiger partial charge in [0.15, 0.2) is 0 Å². The summed E-state index contributed by atoms with van der Waals surface area (Å²) in [6, 6.07) is 0.591. The lowest BCUT2D eigenvalue weighted by atomic mass is 9.89. The normalized spacial score (nSPS) is 30.0. The molecular formula is C15H30N2O. The highest BCUT2D eigenvalue weighted by molar-refractivity contribution is 4.87. The minimum atomic E-state index is 0.258. The predicted octanol–water partition coefficient (Wildman–Crippen LogP) is 1.71. The van der Waals surface area contributed by atoms with E-state index in [-0.39, 0.29) is 6.61 Å². The molecule has 2 unspecified atom stereocenters. The van der Waals surface area contributed by atoms with Crippen molar-refractivity contribution in [3.63, 3.8) is 0 Å². The lowest BCUT2D eigenvalue weighted by molar-refractivity contribution is 0.118. The van der Waals surface area contributed by atoms with E-state index in [0.717, 1.165) is 24.3 Å². The molecule has 2 rings (SSSR count). The van der Waals surface area contributed by atoms with E-state index in [9.17, 15) is 0 Å². The van der Waals surface area contributed by atoms with Crippen molar-refractivity contribution in [2.75, 3.05) is 32.8 Å². The molecule has 3 nitrogen and oxygen atoms in total. The number of rotatable bonds is 7. The first kappa shape index (κ1) is 14.3. The van der Waals surface area contributed by atoms with Crippen LogP contribution in [0.25, 0.3) is 0 Å². The fourth-order valence-electron chi connectivity index (χ4n) is 3.38. The first-order valence-electron chi connectivity index (χ1n) is 7.74. The molecule has 1 aliphatic carbocycles. The third-order valence-electron chi connectivity index (χ3n) is 4.14. The van der Waals surface area contributed by atoms with Crippen LogP contribution in [-0.2, 0) is 0 Å². The van der Waals surface area contributed by atoms with Crippen LogP contribution in [0, 0.1) is 17.8 Å². The minimum absolute atomic E-state index is 0.258. The molecule has 2 atom stereocenters. The molecule has 2 fully saturated rings. The Bertz CT molecular complexity index is 229. The summed E-state index contributed by atoms with van der Waals surface area (Å²) in [5.74, 6) is 2.66. The number of nitrogens with zero attached hydrogens (tertiary/aromatic N) is 1. The van der Waals surface area contributed by atoms with Crippen LogP contribution >= 0.6 is 0 Å². The maximum atomic E-state index is 8.95. The average molecular weight is 254 g/mol. The smallest absolute Gasteiger partial charge is 0.0556 e. The van der Waals surface area contributed by atoms with Gasteiger partial charge in [0.1, 0.15) is 0 Å². The van der Waals surface area contributed by atoms with Crippen molar-refractivity contribution in [2.45, 2.75) is 45.6 Å². The van der Waals surface area contributed by atoms with E-state index < -0.39 is 0 Å². The first-order valence-corrected chi connectivity index (χ1v) is 7.74. The van der Waals surface area contributed by atoms with Gasteiger partial charge in [-0.1, -0.05) is 26.7 Å². The molecule has 0 aromatic carbocycles. The molecule has 106 valence electrons. The second-order valence-corrected chi connectivity index (χ2v) is 6.77. The fraction of sp³-hybridized carbons (Fsp3) is 1.00. The zero-order valence-electron chi connectivity index (χ0n) is 12.1. The highest BCUT2D eigenvalue weighted by Crippen LogP contribution is 2.37. The number of likely N-dealkylation sites (tertiary alicyclic amines) is 1. The summed E-state index contributed by atoms with van der Waals surface area (Å²) in [6.45, 7) is 9.30. The first-order chi connectivity index (χ1) is 8.67. The maximum Gasteiger partial charge on any atom is 0.0556 e. The summed E-state index contributed by atoms with van der Waals surface area (Å²) >= 11 is 0. The molecule has 1 heterocycles. The summed E-state index contributed by atoms with van der Waals surface area (Å²) in [4.78, 5) is 2.64. The molecule has 2 N–H and O–H groups in total. The van der Waals surface area contributed by atoms with Crippen LogP contribution in [0.5, 0.6) is 0 Å². The van der Waals surface area contributed by atoms with E-state index in [1.54, 1.807) is 0 Å². The van der Waals surface area contributed by atoms with Crippen LogP contribution in [-0.4, -0.2) is 48.8 Å². The van der Waals surface area contributed by atoms with E-state index in [1.807, 2.05) is 0 Å². The molecule has 2 aliphatic rings. The number of hydrogen-bond acceptors (Lipinski definition) is 3. The van der Waals surface area contributed by atoms with E-state index in [4.69, 9.17) is 5.11 Å². The van der Waals surface area contributed by atoms with Crippen molar-refractivity contribution < 1.29 is 5.11 Å². The van der Waals surface area contributed by atoms with Gasteiger partial charge < -0.3 is 15.3 Å². The Morgan fingerprint density at radius 2 is 2.00 bits per heavy atom. The van der Waals surface area contributed by atoms with Gasteiger partial charge in [-0.15, -0.1) is 0 Å². The summed E-state index contributed by atoms with van der Waals surface area (Å²) in [6.07, 6.45) is 5.68. The molecule has 0 radical (unpaired) electrons. The topological polar surface area (TPSA) is 35.5 Å². The Kier molecular flexibility index (Phi) is 5.46. The van der Waals surface area contributed by atoms with Crippen LogP contribution in [0.2, 0.25) is 0 Å². The fourth-order valence-corrected chi connectivity index (χ4v) is 3.38. The lowest BCUT2D eigenvalue weighted by Gasteiger charge is -2.39. The van der Waals surface area contributed by atoms with Crippen molar-refractivity contribution in [1.82, 2.24) is 10.2 Å². The molecule has 1 saturated heterocycles. The number of piperidine rings is 1. The number of hydrogen-bond donors (Lipinski definition) is 2. The molecule has 1 aliphatic heterocycles. The quantitative estimate of drug-likeness (QED) is 0.726. The second-order valence-electron chi connectivity index (χ2n) is 6.77. The predicted molar refractivity (Wildman–Crippen MR) is 75.6 cm³/mol. The van der Waals surface area contributed by atoms with Crippen LogP contribution in [0.3, 0.4) is 0 Å². The largest absolute Gasteiger partial charge is 0.395 e. The van der Waals surface area contributed by atoms with Crippen molar-refractivity contribution in [3.8, 4) is 0 Å². The molecular weight excluding hydrogens is 224 g/mol. The van der Waals surface area contributed by atoms with E-state index in [2.05, 4.69) is 24.1 Å². The van der Waals surface area contributed by atoms with Gasteiger partial charge in [-0.05, 0) is 30.6 Å². The Morgan fingerprint density at radius 1 is 1.22 bits per heavy atom. The SMILES string of the molecule is CC(C)CN1CC(CC2CC2)CC(NCCO)C1. The third-order valence-corrected chi connectivity index (χ3v) is 4.14. The van der Waals surface area contributed by atoms with Crippen LogP contribution in [0.1, 0.15) is 39.5 Å². The number of aliphatic hydroxyl groups is 1. The van der Waals surface area contributed by atoms with Crippen molar-refractivity contribution >= 4 is 0 Å². The molecule has 0 bridgehead atoms. The van der Waals surface area contributed by atoms with E-state index >= 15 is 0 Å². The molecule has 0 aromatic heterocycles. The molecule has 0 aromatic rings. The summed E-state index contributed by atoms with van der Waals surface area (Å²) in [5.41, 5.74) is 0. The lowest BCUT2D eigenvalue weighted by Crippen LogP contribution is -2.50. The summed E-state index contributed by atoms with van der Waals surface area (Å²) < 4.78 is 0. The number of nitrogens with one attached hydrogen (secondary N) is 1. The Hall–Kier alpha value is -0.120. The standard InChI is InChI=1S/C15H30N2O/c1-12(2)9-17-10-14(7-13-3-4-13)8-15(11-17)16-5-6-18/h12-16,18H,3-11H2,1-2H3. The van der Waals surface area contributed by atoms with Gasteiger partial charge in [0.25, 0.3) is 0 Å². The summed E-state index contributed by atoms with van der Waals surface area (Å²) in [5, 5.41) is 12.5. The molecule has 0 amide bonds. The van der Waals surface area contributed by atoms with Crippen molar-refractivity contribution in [3.05, 3.63) is 0 Å². The highest BCUT2D eigenvalue weighted by atomic mass is 16.3. The molecule has 3 heteroatoms. The van der Waals surface area contributed by atoms with Crippen LogP contribution < -0.4 is 5.32 Å². The van der Waals surface area contributed by atoms with Gasteiger partial charge in [-0.25, -0.2) is 0 Å². The number of aliphatic hydroxyl groups excluding tert-OH is 1. The Balaban J connectivity index is 1.82. The van der Waals surface area contributed by atoms with Crippen LogP contribution in [0.4, 0.5) is 0 Å². The van der Waals surface area contributed by atoms with Gasteiger partial charge in [-0.3, -0.25) is 0 Å². The zero-order valence-corrected chi connectivity index (χ0v) is 12.1. The third kappa shape index (κ3) is 4.87. The molecule has 0 spiro atoms. The van der Waals surface area contributed by atoms with Gasteiger partial charge in [0.05, 0.1) is 6.61 Å². The Morgan fingerprint density at radius 3 is 2.61 bits per heavy atom. The monoisotopic (exact) mass is 254 g/mol. The summed E-state index contributed by atoms with van der Waals surface area (Å²) in [7, 11) is 0. The van der Waals surface area contributed by atoms with E-state index in [0.29, 0.717) is 6.04 Å². The van der Waals surface area contributed by atoms with Crippen molar-refractivity contribution in [1.29, 1.82) is 0 Å². The minimum Gasteiger partial charge on any atom is -0.395 e. The zero-order chi connectivity index (χ0) is 13.0.